The van der Waals surface area contributed by atoms with Crippen molar-refractivity contribution < 1.29 is 14.6 Å². The summed E-state index contributed by atoms with van der Waals surface area (Å²) in [5.74, 6) is 0.884. The molecule has 0 radical (unpaired) electrons. The van der Waals surface area contributed by atoms with Gasteiger partial charge >= 0.3 is 6.09 Å². The highest BCUT2D eigenvalue weighted by Crippen LogP contribution is 2.32. The number of rotatable bonds is 5. The molecular formula is C23H22ClN7O3. The van der Waals surface area contributed by atoms with Gasteiger partial charge in [0.2, 0.25) is 11.9 Å². The Balaban J connectivity index is 1.43. The maximum absolute atomic E-state index is 12.5. The molecule has 4 heterocycles. The molecule has 3 aromatic rings. The zero-order valence-electron chi connectivity index (χ0n) is 18.4. The lowest BCUT2D eigenvalue weighted by Crippen LogP contribution is -2.34. The van der Waals surface area contributed by atoms with Gasteiger partial charge in [-0.1, -0.05) is 11.6 Å². The number of cyclic esters (lactones) is 1. The average molecular weight is 480 g/mol. The predicted octanol–water partition coefficient (Wildman–Crippen LogP) is 3.55. The van der Waals surface area contributed by atoms with Crippen molar-refractivity contribution >= 4 is 41.4 Å². The summed E-state index contributed by atoms with van der Waals surface area (Å²) in [6, 6.07) is 8.33. The number of pyridine rings is 1. The maximum atomic E-state index is 12.5. The summed E-state index contributed by atoms with van der Waals surface area (Å²) >= 11 is 6.13. The maximum Gasteiger partial charge on any atom is 0.417 e. The normalized spacial score (nSPS) is 20.2. The minimum absolute atomic E-state index is 0.180. The molecule has 11 heteroatoms. The van der Waals surface area contributed by atoms with E-state index in [0.717, 1.165) is 16.8 Å². The Kier molecular flexibility index (Phi) is 5.76. The number of hydrogen-bond donors (Lipinski definition) is 3. The van der Waals surface area contributed by atoms with Gasteiger partial charge in [-0.2, -0.15) is 15.0 Å². The molecule has 1 fully saturated rings. The van der Waals surface area contributed by atoms with Gasteiger partial charge in [0.15, 0.2) is 0 Å². The van der Waals surface area contributed by atoms with Gasteiger partial charge in [-0.05, 0) is 61.4 Å². The van der Waals surface area contributed by atoms with E-state index in [1.165, 1.54) is 4.90 Å². The zero-order chi connectivity index (χ0) is 23.8. The van der Waals surface area contributed by atoms with Crippen molar-refractivity contribution in [2.24, 2.45) is 0 Å². The Morgan fingerprint density at radius 1 is 1.24 bits per heavy atom. The van der Waals surface area contributed by atoms with Crippen LogP contribution in [-0.2, 0) is 4.74 Å². The second-order valence-electron chi connectivity index (χ2n) is 8.04. The van der Waals surface area contributed by atoms with Gasteiger partial charge < -0.3 is 20.5 Å². The Hall–Kier alpha value is -3.76. The number of aliphatic hydroxyl groups excluding tert-OH is 1. The van der Waals surface area contributed by atoms with E-state index < -0.39 is 12.3 Å². The van der Waals surface area contributed by atoms with Crippen molar-refractivity contribution in [3.05, 3.63) is 70.3 Å². The Labute approximate surface area is 200 Å². The highest BCUT2D eigenvalue weighted by atomic mass is 35.5. The van der Waals surface area contributed by atoms with Crippen molar-refractivity contribution in [2.45, 2.75) is 32.2 Å². The first-order chi connectivity index (χ1) is 16.4. The van der Waals surface area contributed by atoms with E-state index in [-0.39, 0.29) is 30.6 Å². The number of aryl methyl sites for hydroxylation is 1. The SMILES string of the molecule is Cc1nc(N[C@@H](C)C2=Cc3cc(Cl)ccc3NC2O)nc(N2C(=O)OC[C@@H]2c2ccncc2)n1. The molecule has 3 atom stereocenters. The molecule has 174 valence electrons. The molecule has 2 aliphatic heterocycles. The summed E-state index contributed by atoms with van der Waals surface area (Å²) in [5.41, 5.74) is 3.21. The number of carbonyl (C=O) groups excluding carboxylic acids is 1. The van der Waals surface area contributed by atoms with E-state index in [1.54, 1.807) is 25.4 Å². The lowest BCUT2D eigenvalue weighted by atomic mass is 9.98. The first-order valence-electron chi connectivity index (χ1n) is 10.7. The molecule has 2 aliphatic rings. The predicted molar refractivity (Wildman–Crippen MR) is 128 cm³/mol. The van der Waals surface area contributed by atoms with Gasteiger partial charge in [-0.15, -0.1) is 0 Å². The van der Waals surface area contributed by atoms with Crippen LogP contribution in [0.5, 0.6) is 0 Å². The Morgan fingerprint density at radius 3 is 2.82 bits per heavy atom. The zero-order valence-corrected chi connectivity index (χ0v) is 19.2. The van der Waals surface area contributed by atoms with Crippen LogP contribution in [-0.4, -0.2) is 50.0 Å². The van der Waals surface area contributed by atoms with Crippen LogP contribution in [0.1, 0.15) is 29.9 Å². The van der Waals surface area contributed by atoms with E-state index in [0.29, 0.717) is 16.4 Å². The van der Waals surface area contributed by atoms with Gasteiger partial charge in [0.25, 0.3) is 0 Å². The van der Waals surface area contributed by atoms with Crippen LogP contribution < -0.4 is 15.5 Å². The van der Waals surface area contributed by atoms with Crippen LogP contribution in [0.15, 0.2) is 48.3 Å². The second kappa shape index (κ2) is 8.88. The lowest BCUT2D eigenvalue weighted by Gasteiger charge is -2.28. The summed E-state index contributed by atoms with van der Waals surface area (Å²) in [6.45, 7) is 3.78. The molecule has 1 unspecified atom stereocenters. The summed E-state index contributed by atoms with van der Waals surface area (Å²) in [4.78, 5) is 31.2. The number of benzene rings is 1. The van der Waals surface area contributed by atoms with Crippen LogP contribution >= 0.6 is 11.6 Å². The number of ether oxygens (including phenoxy) is 1. The molecule has 5 rings (SSSR count). The third kappa shape index (κ3) is 4.25. The van der Waals surface area contributed by atoms with Gasteiger partial charge in [0, 0.05) is 28.7 Å². The molecule has 2 aromatic heterocycles. The van der Waals surface area contributed by atoms with Gasteiger partial charge in [0.1, 0.15) is 24.7 Å². The van der Waals surface area contributed by atoms with Crippen LogP contribution in [0, 0.1) is 6.92 Å². The number of halogens is 1. The Morgan fingerprint density at radius 2 is 2.03 bits per heavy atom. The van der Waals surface area contributed by atoms with Crippen LogP contribution in [0.25, 0.3) is 6.08 Å². The molecule has 1 amide bonds. The van der Waals surface area contributed by atoms with Gasteiger partial charge in [-0.3, -0.25) is 4.98 Å². The molecule has 1 saturated heterocycles. The third-order valence-electron chi connectivity index (χ3n) is 5.70. The summed E-state index contributed by atoms with van der Waals surface area (Å²) in [6.07, 6.45) is 3.77. The first kappa shape index (κ1) is 22.1. The van der Waals surface area contributed by atoms with Crippen molar-refractivity contribution in [3.63, 3.8) is 0 Å². The lowest BCUT2D eigenvalue weighted by molar-refractivity contribution is 0.178. The van der Waals surface area contributed by atoms with Crippen LogP contribution in [0.3, 0.4) is 0 Å². The molecule has 0 bridgehead atoms. The highest BCUT2D eigenvalue weighted by molar-refractivity contribution is 6.30. The molecular weight excluding hydrogens is 458 g/mol. The van der Waals surface area contributed by atoms with E-state index >= 15 is 0 Å². The number of aliphatic hydroxyl groups is 1. The van der Waals surface area contributed by atoms with Crippen molar-refractivity contribution in [3.8, 4) is 0 Å². The van der Waals surface area contributed by atoms with E-state index in [2.05, 4.69) is 30.6 Å². The van der Waals surface area contributed by atoms with E-state index in [9.17, 15) is 9.90 Å². The van der Waals surface area contributed by atoms with Gasteiger partial charge in [-0.25, -0.2) is 9.69 Å². The molecule has 1 aromatic carbocycles. The number of nitrogens with one attached hydrogen (secondary N) is 2. The number of amides is 1. The smallest absolute Gasteiger partial charge is 0.417 e. The molecule has 0 aliphatic carbocycles. The first-order valence-corrected chi connectivity index (χ1v) is 11.1. The highest BCUT2D eigenvalue weighted by Gasteiger charge is 2.38. The molecule has 34 heavy (non-hydrogen) atoms. The van der Waals surface area contributed by atoms with Crippen molar-refractivity contribution in [1.82, 2.24) is 19.9 Å². The largest absolute Gasteiger partial charge is 0.446 e. The minimum atomic E-state index is -0.900. The third-order valence-corrected chi connectivity index (χ3v) is 5.94. The molecule has 10 nitrogen and oxygen atoms in total. The van der Waals surface area contributed by atoms with Crippen LogP contribution in [0.2, 0.25) is 5.02 Å². The molecule has 0 spiro atoms. The Bertz CT molecular complexity index is 1270. The summed E-state index contributed by atoms with van der Waals surface area (Å²) in [5, 5.41) is 17.5. The number of aromatic nitrogens is 4. The van der Waals surface area contributed by atoms with Gasteiger partial charge in [0.05, 0.1) is 6.04 Å². The number of hydrogen-bond acceptors (Lipinski definition) is 9. The molecule has 0 saturated carbocycles. The number of carbonyl (C=O) groups is 1. The van der Waals surface area contributed by atoms with Crippen molar-refractivity contribution in [1.29, 1.82) is 0 Å². The fourth-order valence-corrected chi connectivity index (χ4v) is 4.21. The van der Waals surface area contributed by atoms with E-state index in [1.807, 2.05) is 37.3 Å². The number of fused-ring (bicyclic) bond motifs is 1. The fraction of sp³-hybridized carbons (Fsp3) is 0.261. The van der Waals surface area contributed by atoms with Crippen molar-refractivity contribution in [2.75, 3.05) is 22.1 Å². The summed E-state index contributed by atoms with van der Waals surface area (Å²) < 4.78 is 5.28. The number of anilines is 3. The second-order valence-corrected chi connectivity index (χ2v) is 8.47. The molecule has 3 N–H and O–H groups in total. The average Bonchev–Trinajstić information content (AvgIpc) is 3.20. The summed E-state index contributed by atoms with van der Waals surface area (Å²) in [7, 11) is 0. The number of nitrogens with zero attached hydrogens (tertiary/aromatic N) is 5. The van der Waals surface area contributed by atoms with Crippen LogP contribution in [0.4, 0.5) is 22.4 Å². The standard InChI is InChI=1S/C23H22ClN7O3/c1-12(17-10-15-9-16(24)3-4-18(15)29-20(17)32)26-21-27-13(2)28-22(30-21)31-19(11-34-23(31)33)14-5-7-25-8-6-14/h3-10,12,19-20,29,32H,11H2,1-2H3,(H,26,27,28,30)/t12-,19+,20?/m0/s1. The quantitative estimate of drug-likeness (QED) is 0.503. The topological polar surface area (TPSA) is 125 Å². The minimum Gasteiger partial charge on any atom is -0.446 e. The fourth-order valence-electron chi connectivity index (χ4n) is 4.03. The van der Waals surface area contributed by atoms with E-state index in [4.69, 9.17) is 16.3 Å². The monoisotopic (exact) mass is 479 g/mol.